The Labute approximate surface area is 263 Å². The molecule has 4 aromatic rings. The van der Waals surface area contributed by atoms with Crippen LogP contribution in [0.25, 0.3) is 21.5 Å². The average molecular weight is 641 g/mol. The van der Waals surface area contributed by atoms with Gasteiger partial charge in [-0.05, 0) is 61.9 Å². The number of esters is 1. The molecule has 2 bridgehead atoms. The normalized spacial score (nSPS) is 24.9. The zero-order chi connectivity index (χ0) is 29.2. The number of ether oxygens (including phenoxy) is 3. The molecule has 0 spiro atoms. The quantitative estimate of drug-likeness (QED) is 0.182. The zero-order valence-electron chi connectivity index (χ0n) is 23.7. The van der Waals surface area contributed by atoms with Crippen molar-refractivity contribution in [1.82, 2.24) is 10.1 Å². The van der Waals surface area contributed by atoms with Crippen LogP contribution in [0.2, 0.25) is 10.0 Å². The van der Waals surface area contributed by atoms with E-state index in [1.807, 2.05) is 30.3 Å². The van der Waals surface area contributed by atoms with E-state index in [1.54, 1.807) is 11.3 Å². The van der Waals surface area contributed by atoms with Gasteiger partial charge >= 0.3 is 5.97 Å². The summed E-state index contributed by atoms with van der Waals surface area (Å²) < 4.78 is 24.2. The SMILES string of the molecule is COC(=O)c1cc([C@H]2CCOC2)c2nc(N3C[C@@H]4C[C@H]3C[C@H]4OCc3c(-c4c(Cl)cccc4Cl)noc3C3CC3)sc2c1. The minimum absolute atomic E-state index is 0.143. The fourth-order valence-electron chi connectivity index (χ4n) is 7.08. The maximum Gasteiger partial charge on any atom is 0.337 e. The van der Waals surface area contributed by atoms with Crippen molar-refractivity contribution in [2.75, 3.05) is 31.8 Å². The second-order valence-electron chi connectivity index (χ2n) is 12.1. The summed E-state index contributed by atoms with van der Waals surface area (Å²) >= 11 is 14.8. The molecule has 2 aromatic carbocycles. The minimum atomic E-state index is -0.324. The maximum atomic E-state index is 12.5. The van der Waals surface area contributed by atoms with E-state index in [-0.39, 0.29) is 18.0 Å². The van der Waals surface area contributed by atoms with E-state index in [9.17, 15) is 4.79 Å². The van der Waals surface area contributed by atoms with Crippen LogP contribution in [-0.2, 0) is 20.8 Å². The molecule has 224 valence electrons. The van der Waals surface area contributed by atoms with E-state index >= 15 is 0 Å². The lowest BCUT2D eigenvalue weighted by Crippen LogP contribution is -2.38. The molecule has 2 saturated carbocycles. The molecule has 8 nitrogen and oxygen atoms in total. The number of fused-ring (bicyclic) bond motifs is 3. The number of carbonyl (C=O) groups is 1. The van der Waals surface area contributed by atoms with Crippen LogP contribution in [0.3, 0.4) is 0 Å². The molecule has 2 aliphatic heterocycles. The van der Waals surface area contributed by atoms with Gasteiger partial charge in [-0.15, -0.1) is 0 Å². The zero-order valence-corrected chi connectivity index (χ0v) is 26.0. The molecule has 43 heavy (non-hydrogen) atoms. The lowest BCUT2D eigenvalue weighted by molar-refractivity contribution is 0.0122. The Kier molecular flexibility index (Phi) is 7.14. The molecule has 2 aromatic heterocycles. The fourth-order valence-corrected chi connectivity index (χ4v) is 8.77. The molecular weight excluding hydrogens is 609 g/mol. The number of hydrogen-bond acceptors (Lipinski definition) is 9. The molecule has 8 rings (SSSR count). The van der Waals surface area contributed by atoms with Crippen LogP contribution in [0.1, 0.15) is 71.2 Å². The van der Waals surface area contributed by atoms with E-state index in [4.69, 9.17) is 46.9 Å². The Morgan fingerprint density at radius 2 is 1.98 bits per heavy atom. The monoisotopic (exact) mass is 639 g/mol. The van der Waals surface area contributed by atoms with Gasteiger partial charge < -0.3 is 23.6 Å². The van der Waals surface area contributed by atoms with E-state index in [1.165, 1.54) is 7.11 Å². The Morgan fingerprint density at radius 3 is 2.67 bits per heavy atom. The summed E-state index contributed by atoms with van der Waals surface area (Å²) in [5.74, 6) is 1.60. The summed E-state index contributed by atoms with van der Waals surface area (Å²) in [7, 11) is 1.42. The summed E-state index contributed by atoms with van der Waals surface area (Å²) in [4.78, 5) is 20.0. The van der Waals surface area contributed by atoms with Gasteiger partial charge in [-0.25, -0.2) is 9.78 Å². The first-order valence-electron chi connectivity index (χ1n) is 14.9. The smallest absolute Gasteiger partial charge is 0.337 e. The topological polar surface area (TPSA) is 86.9 Å². The molecule has 2 aliphatic carbocycles. The Balaban J connectivity index is 1.02. The van der Waals surface area contributed by atoms with Crippen molar-refractivity contribution in [3.63, 3.8) is 0 Å². The number of halogens is 2. The van der Waals surface area contributed by atoms with Crippen LogP contribution in [0.5, 0.6) is 0 Å². The number of benzene rings is 2. The van der Waals surface area contributed by atoms with E-state index < -0.39 is 0 Å². The second kappa shape index (κ2) is 11.0. The molecule has 2 saturated heterocycles. The third kappa shape index (κ3) is 4.93. The molecule has 4 fully saturated rings. The first kappa shape index (κ1) is 27.8. The van der Waals surface area contributed by atoms with Gasteiger partial charge in [-0.3, -0.25) is 0 Å². The Bertz CT molecular complexity index is 1690. The van der Waals surface area contributed by atoms with E-state index in [0.717, 1.165) is 77.5 Å². The van der Waals surface area contributed by atoms with Gasteiger partial charge in [-0.2, -0.15) is 0 Å². The van der Waals surface area contributed by atoms with Crippen LogP contribution < -0.4 is 4.90 Å². The van der Waals surface area contributed by atoms with Crippen LogP contribution in [0.15, 0.2) is 34.9 Å². The molecule has 4 atom stereocenters. The van der Waals surface area contributed by atoms with E-state index in [0.29, 0.717) is 58.0 Å². The number of thiazole rings is 1. The van der Waals surface area contributed by atoms with Crippen molar-refractivity contribution >= 4 is 55.9 Å². The molecule has 4 aliphatic rings. The van der Waals surface area contributed by atoms with Crippen molar-refractivity contribution in [1.29, 1.82) is 0 Å². The molecule has 0 amide bonds. The summed E-state index contributed by atoms with van der Waals surface area (Å²) in [5.41, 5.74) is 4.98. The highest BCUT2D eigenvalue weighted by atomic mass is 35.5. The molecule has 4 heterocycles. The highest BCUT2D eigenvalue weighted by Gasteiger charge is 2.47. The molecule has 11 heteroatoms. The molecule has 0 N–H and O–H groups in total. The summed E-state index contributed by atoms with van der Waals surface area (Å²) in [6.45, 7) is 2.69. The second-order valence-corrected chi connectivity index (χ2v) is 13.9. The number of methoxy groups -OCH3 is 1. The van der Waals surface area contributed by atoms with Crippen molar-refractivity contribution in [3.8, 4) is 11.3 Å². The average Bonchev–Trinajstić information content (AvgIpc) is 3.52. The molecule has 0 radical (unpaired) electrons. The largest absolute Gasteiger partial charge is 0.465 e. The minimum Gasteiger partial charge on any atom is -0.465 e. The van der Waals surface area contributed by atoms with Gasteiger partial charge in [0.2, 0.25) is 0 Å². The van der Waals surface area contributed by atoms with Crippen molar-refractivity contribution < 1.29 is 23.5 Å². The van der Waals surface area contributed by atoms with E-state index in [2.05, 4.69) is 10.1 Å². The maximum absolute atomic E-state index is 12.5. The predicted molar refractivity (Wildman–Crippen MR) is 166 cm³/mol. The first-order valence-corrected chi connectivity index (χ1v) is 16.5. The standard InChI is InChI=1S/C32H31Cl2N3O5S/c1-39-31(38)18-10-21(17-7-8-40-14-17)28-26(11-18)43-32(35-28)37-13-19-9-20(37)12-25(19)41-15-22-29(36-42-30(22)16-5-6-16)27-23(33)3-2-4-24(27)34/h2-4,10-11,16-17,19-20,25H,5-9,12-15H2,1H3/t17-,19-,20-,25+/m0/s1. The lowest BCUT2D eigenvalue weighted by Gasteiger charge is -2.31. The molecular formula is C32H31Cl2N3O5S. The van der Waals surface area contributed by atoms with Gasteiger partial charge in [0.1, 0.15) is 11.5 Å². The van der Waals surface area contributed by atoms with Crippen LogP contribution in [0, 0.1) is 5.92 Å². The summed E-state index contributed by atoms with van der Waals surface area (Å²) in [6.07, 6.45) is 5.27. The van der Waals surface area contributed by atoms with Gasteiger partial charge in [0.05, 0.1) is 52.3 Å². The van der Waals surface area contributed by atoms with Crippen LogP contribution >= 0.6 is 34.5 Å². The predicted octanol–water partition coefficient (Wildman–Crippen LogP) is 7.61. The van der Waals surface area contributed by atoms with Gasteiger partial charge in [-0.1, -0.05) is 45.8 Å². The third-order valence-corrected chi connectivity index (χ3v) is 11.1. The fraction of sp³-hybridized carbons (Fsp3) is 0.469. The van der Waals surface area contributed by atoms with Crippen LogP contribution in [-0.4, -0.2) is 55.1 Å². The number of rotatable bonds is 8. The highest BCUT2D eigenvalue weighted by Crippen LogP contribution is 2.48. The van der Waals surface area contributed by atoms with Gasteiger partial charge in [0.25, 0.3) is 0 Å². The van der Waals surface area contributed by atoms with Crippen LogP contribution in [0.4, 0.5) is 5.13 Å². The van der Waals surface area contributed by atoms with Gasteiger partial charge in [0.15, 0.2) is 5.13 Å². The van der Waals surface area contributed by atoms with Gasteiger partial charge in [0, 0.05) is 48.1 Å². The summed E-state index contributed by atoms with van der Waals surface area (Å²) in [5, 5.41) is 6.53. The molecule has 0 unspecified atom stereocenters. The number of carbonyl (C=O) groups excluding carboxylic acids is 1. The third-order valence-electron chi connectivity index (χ3n) is 9.43. The number of piperidine rings is 1. The highest BCUT2D eigenvalue weighted by molar-refractivity contribution is 7.22. The van der Waals surface area contributed by atoms with Crippen molar-refractivity contribution in [2.45, 2.75) is 62.7 Å². The Morgan fingerprint density at radius 1 is 1.14 bits per heavy atom. The lowest BCUT2D eigenvalue weighted by atomic mass is 9.95. The number of aromatic nitrogens is 2. The number of nitrogens with zero attached hydrogens (tertiary/aromatic N) is 3. The first-order chi connectivity index (χ1) is 21.0. The number of hydrogen-bond donors (Lipinski definition) is 0. The number of anilines is 1. The van der Waals surface area contributed by atoms with Crippen molar-refractivity contribution in [2.24, 2.45) is 5.92 Å². The van der Waals surface area contributed by atoms with Crippen molar-refractivity contribution in [3.05, 3.63) is 62.8 Å². The summed E-state index contributed by atoms with van der Waals surface area (Å²) in [6, 6.07) is 9.71. The Hall–Kier alpha value is -2.69.